The zero-order valence-corrected chi connectivity index (χ0v) is 11.9. The van der Waals surface area contributed by atoms with Crippen molar-refractivity contribution in [2.45, 2.75) is 46.1 Å². The van der Waals surface area contributed by atoms with Crippen molar-refractivity contribution in [3.63, 3.8) is 0 Å². The van der Waals surface area contributed by atoms with Crippen molar-refractivity contribution >= 4 is 11.6 Å². The number of hydrogen-bond acceptors (Lipinski definition) is 3. The van der Waals surface area contributed by atoms with Gasteiger partial charge in [0.1, 0.15) is 0 Å². The third-order valence-electron chi connectivity index (χ3n) is 4.29. The molecule has 1 aliphatic carbocycles. The normalized spacial score (nSPS) is 27.6. The van der Waals surface area contributed by atoms with Gasteiger partial charge in [-0.1, -0.05) is 19.9 Å². The summed E-state index contributed by atoms with van der Waals surface area (Å²) in [4.78, 5) is 4.56. The highest BCUT2D eigenvalue weighted by Gasteiger charge is 2.26. The number of aromatic nitrogens is 3. The molecule has 0 saturated heterocycles. The molecule has 3 atom stereocenters. The van der Waals surface area contributed by atoms with Crippen molar-refractivity contribution < 1.29 is 0 Å². The van der Waals surface area contributed by atoms with Gasteiger partial charge in [-0.25, -0.2) is 4.52 Å². The number of rotatable bonds is 2. The molecule has 4 nitrogen and oxygen atoms in total. The van der Waals surface area contributed by atoms with Gasteiger partial charge in [0.15, 0.2) is 5.65 Å². The molecule has 3 rings (SSSR count). The van der Waals surface area contributed by atoms with Crippen molar-refractivity contribution in [3.8, 4) is 0 Å². The zero-order chi connectivity index (χ0) is 13.4. The summed E-state index contributed by atoms with van der Waals surface area (Å²) in [5, 5.41) is 8.08. The van der Waals surface area contributed by atoms with Crippen LogP contribution in [0, 0.1) is 18.8 Å². The van der Waals surface area contributed by atoms with Gasteiger partial charge >= 0.3 is 0 Å². The van der Waals surface area contributed by atoms with Crippen LogP contribution in [0.4, 0.5) is 5.95 Å². The third-order valence-corrected chi connectivity index (χ3v) is 4.29. The van der Waals surface area contributed by atoms with E-state index in [2.05, 4.69) is 42.2 Å². The second kappa shape index (κ2) is 4.83. The van der Waals surface area contributed by atoms with E-state index in [1.807, 2.05) is 16.6 Å². The van der Waals surface area contributed by atoms with Crippen LogP contribution in [0.3, 0.4) is 0 Å². The summed E-state index contributed by atoms with van der Waals surface area (Å²) in [7, 11) is 0. The van der Waals surface area contributed by atoms with Crippen molar-refractivity contribution in [1.29, 1.82) is 0 Å². The molecule has 4 heteroatoms. The number of hydrogen-bond donors (Lipinski definition) is 1. The summed E-state index contributed by atoms with van der Waals surface area (Å²) in [6, 6.07) is 6.58. The van der Waals surface area contributed by atoms with Gasteiger partial charge in [0.25, 0.3) is 0 Å². The van der Waals surface area contributed by atoms with Crippen LogP contribution in [0.2, 0.25) is 0 Å². The Hall–Kier alpha value is -1.58. The van der Waals surface area contributed by atoms with Crippen LogP contribution >= 0.6 is 0 Å². The Balaban J connectivity index is 1.80. The molecular weight excluding hydrogens is 236 g/mol. The van der Waals surface area contributed by atoms with E-state index < -0.39 is 0 Å². The van der Waals surface area contributed by atoms with Crippen LogP contribution < -0.4 is 5.32 Å². The fraction of sp³-hybridized carbons (Fsp3) is 0.600. The van der Waals surface area contributed by atoms with E-state index >= 15 is 0 Å². The Kier molecular flexibility index (Phi) is 3.17. The molecule has 0 bridgehead atoms. The monoisotopic (exact) mass is 258 g/mol. The molecule has 0 spiro atoms. The van der Waals surface area contributed by atoms with Crippen LogP contribution in [-0.4, -0.2) is 20.6 Å². The summed E-state index contributed by atoms with van der Waals surface area (Å²) in [5.41, 5.74) is 2.03. The van der Waals surface area contributed by atoms with E-state index in [1.165, 1.54) is 19.3 Å². The molecule has 2 aromatic rings. The molecule has 2 aromatic heterocycles. The van der Waals surface area contributed by atoms with Crippen LogP contribution in [0.5, 0.6) is 0 Å². The molecule has 0 amide bonds. The second-order valence-corrected chi connectivity index (χ2v) is 6.02. The van der Waals surface area contributed by atoms with Crippen LogP contribution in [0.1, 0.15) is 38.8 Å². The molecule has 1 fully saturated rings. The van der Waals surface area contributed by atoms with Gasteiger partial charge < -0.3 is 5.32 Å². The van der Waals surface area contributed by atoms with Gasteiger partial charge in [-0.05, 0) is 50.2 Å². The predicted octanol–water partition coefficient (Wildman–Crippen LogP) is 3.27. The quantitative estimate of drug-likeness (QED) is 0.899. The maximum absolute atomic E-state index is 4.56. The first-order valence-electron chi connectivity index (χ1n) is 7.22. The minimum atomic E-state index is 0.508. The molecule has 0 radical (unpaired) electrons. The lowest BCUT2D eigenvalue weighted by atomic mass is 9.80. The highest BCUT2D eigenvalue weighted by molar-refractivity contribution is 5.44. The Morgan fingerprint density at radius 3 is 2.84 bits per heavy atom. The molecule has 0 aromatic carbocycles. The van der Waals surface area contributed by atoms with Gasteiger partial charge in [0.05, 0.1) is 0 Å². The molecule has 3 unspecified atom stereocenters. The van der Waals surface area contributed by atoms with Crippen LogP contribution in [0.15, 0.2) is 18.2 Å². The molecule has 0 aliphatic heterocycles. The van der Waals surface area contributed by atoms with Gasteiger partial charge in [-0.3, -0.25) is 0 Å². The first kappa shape index (κ1) is 12.5. The van der Waals surface area contributed by atoms with E-state index in [4.69, 9.17) is 0 Å². The molecule has 1 saturated carbocycles. The third kappa shape index (κ3) is 2.44. The first-order valence-corrected chi connectivity index (χ1v) is 7.22. The summed E-state index contributed by atoms with van der Waals surface area (Å²) in [6.45, 7) is 6.73. The summed E-state index contributed by atoms with van der Waals surface area (Å²) in [6.07, 6.45) is 3.81. The standard InChI is InChI=1S/C15H22N4/c1-10-7-8-13(11(2)9-10)16-15-17-14-6-4-5-12(3)19(14)18-15/h4-6,10-11,13H,7-9H2,1-3H3,(H,16,18). The van der Waals surface area contributed by atoms with Gasteiger partial charge in [-0.15, -0.1) is 5.10 Å². The number of nitrogens with one attached hydrogen (secondary N) is 1. The van der Waals surface area contributed by atoms with Crippen LogP contribution in [0.25, 0.3) is 5.65 Å². The fourth-order valence-electron chi connectivity index (χ4n) is 3.14. The lowest BCUT2D eigenvalue weighted by Crippen LogP contribution is -2.33. The maximum Gasteiger partial charge on any atom is 0.243 e. The number of aryl methyl sites for hydroxylation is 1. The van der Waals surface area contributed by atoms with E-state index in [1.54, 1.807) is 0 Å². The number of anilines is 1. The molecule has 1 aliphatic rings. The molecule has 19 heavy (non-hydrogen) atoms. The first-order chi connectivity index (χ1) is 9.13. The highest BCUT2D eigenvalue weighted by atomic mass is 15.4. The minimum Gasteiger partial charge on any atom is -0.350 e. The van der Waals surface area contributed by atoms with Crippen molar-refractivity contribution in [3.05, 3.63) is 23.9 Å². The fourth-order valence-corrected chi connectivity index (χ4v) is 3.14. The summed E-state index contributed by atoms with van der Waals surface area (Å²) >= 11 is 0. The second-order valence-electron chi connectivity index (χ2n) is 6.02. The van der Waals surface area contributed by atoms with E-state index in [-0.39, 0.29) is 0 Å². The average molecular weight is 258 g/mol. The number of fused-ring (bicyclic) bond motifs is 1. The molecule has 102 valence electrons. The summed E-state index contributed by atoms with van der Waals surface area (Å²) in [5.74, 6) is 2.31. The molecule has 2 heterocycles. The van der Waals surface area contributed by atoms with Crippen LogP contribution in [-0.2, 0) is 0 Å². The highest BCUT2D eigenvalue weighted by Crippen LogP contribution is 2.30. The van der Waals surface area contributed by atoms with E-state index in [0.29, 0.717) is 12.0 Å². The zero-order valence-electron chi connectivity index (χ0n) is 11.9. The van der Waals surface area contributed by atoms with Crippen molar-refractivity contribution in [2.24, 2.45) is 11.8 Å². The Morgan fingerprint density at radius 1 is 1.26 bits per heavy atom. The average Bonchev–Trinajstić information content (AvgIpc) is 2.77. The van der Waals surface area contributed by atoms with E-state index in [0.717, 1.165) is 23.2 Å². The lowest BCUT2D eigenvalue weighted by molar-refractivity contribution is 0.276. The lowest BCUT2D eigenvalue weighted by Gasteiger charge is -2.32. The summed E-state index contributed by atoms with van der Waals surface area (Å²) < 4.78 is 1.90. The topological polar surface area (TPSA) is 42.2 Å². The minimum absolute atomic E-state index is 0.508. The van der Waals surface area contributed by atoms with Gasteiger partial charge in [-0.2, -0.15) is 4.98 Å². The Labute approximate surface area is 114 Å². The smallest absolute Gasteiger partial charge is 0.243 e. The Morgan fingerprint density at radius 2 is 2.11 bits per heavy atom. The van der Waals surface area contributed by atoms with Crippen molar-refractivity contribution in [1.82, 2.24) is 14.6 Å². The largest absolute Gasteiger partial charge is 0.350 e. The SMILES string of the molecule is Cc1cccc2nc(NC3CCC(C)CC3C)nn12. The molecule has 1 N–H and O–H groups in total. The predicted molar refractivity (Wildman–Crippen MR) is 77.3 cm³/mol. The van der Waals surface area contributed by atoms with Crippen molar-refractivity contribution in [2.75, 3.05) is 5.32 Å². The molecular formula is C15H22N4. The number of pyridine rings is 1. The van der Waals surface area contributed by atoms with E-state index in [9.17, 15) is 0 Å². The van der Waals surface area contributed by atoms with Gasteiger partial charge in [0.2, 0.25) is 5.95 Å². The van der Waals surface area contributed by atoms with Gasteiger partial charge in [0, 0.05) is 11.7 Å². The maximum atomic E-state index is 4.56. The Bertz CT molecular complexity index is 575. The number of nitrogens with zero attached hydrogens (tertiary/aromatic N) is 3.